The summed E-state index contributed by atoms with van der Waals surface area (Å²) in [4.78, 5) is 0. The van der Waals surface area contributed by atoms with Crippen molar-refractivity contribution in [3.8, 4) is 0 Å². The van der Waals surface area contributed by atoms with Gasteiger partial charge in [-0.2, -0.15) is 0 Å². The Hall–Kier alpha value is -0.0800. The number of rotatable bonds is 0. The number of nitrogens with one attached hydrogen (secondary N) is 1. The lowest BCUT2D eigenvalue weighted by Gasteiger charge is -2.26. The van der Waals surface area contributed by atoms with Crippen LogP contribution in [-0.4, -0.2) is 25.3 Å². The highest BCUT2D eigenvalue weighted by atomic mass is 16.5. The Bertz CT molecular complexity index is 124. The second-order valence-electron chi connectivity index (χ2n) is 3.58. The van der Waals surface area contributed by atoms with Gasteiger partial charge in [-0.1, -0.05) is 6.92 Å². The van der Waals surface area contributed by atoms with Gasteiger partial charge in [-0.05, 0) is 25.3 Å². The molecule has 2 heterocycles. The first kappa shape index (κ1) is 6.62. The standard InChI is InChI=1S/C8H15NO/c1-7-2-4-9-8(7)3-5-10-6-8/h7,9H,2-6H2,1H3. The lowest BCUT2D eigenvalue weighted by molar-refractivity contribution is 0.160. The fraction of sp³-hybridized carbons (Fsp3) is 1.00. The Morgan fingerprint density at radius 1 is 1.60 bits per heavy atom. The number of hydrogen-bond donors (Lipinski definition) is 1. The molecule has 0 radical (unpaired) electrons. The SMILES string of the molecule is CC1CCNC12CCOC2. The molecule has 2 aliphatic heterocycles. The third-order valence-corrected chi connectivity index (χ3v) is 3.05. The Morgan fingerprint density at radius 2 is 2.50 bits per heavy atom. The van der Waals surface area contributed by atoms with Crippen LogP contribution in [0.3, 0.4) is 0 Å². The molecule has 0 aromatic rings. The predicted molar refractivity (Wildman–Crippen MR) is 40.0 cm³/mol. The van der Waals surface area contributed by atoms with Crippen molar-refractivity contribution in [2.75, 3.05) is 19.8 Å². The van der Waals surface area contributed by atoms with Crippen LogP contribution in [-0.2, 0) is 4.74 Å². The molecule has 0 aliphatic carbocycles. The molecule has 0 bridgehead atoms. The summed E-state index contributed by atoms with van der Waals surface area (Å²) in [5.41, 5.74) is 0.375. The molecule has 1 spiro atoms. The van der Waals surface area contributed by atoms with Crippen LogP contribution < -0.4 is 5.32 Å². The van der Waals surface area contributed by atoms with Gasteiger partial charge in [0.15, 0.2) is 0 Å². The van der Waals surface area contributed by atoms with E-state index < -0.39 is 0 Å². The maximum absolute atomic E-state index is 5.39. The minimum absolute atomic E-state index is 0.375. The highest BCUT2D eigenvalue weighted by Gasteiger charge is 2.42. The van der Waals surface area contributed by atoms with Crippen LogP contribution >= 0.6 is 0 Å². The fourth-order valence-electron chi connectivity index (χ4n) is 2.10. The van der Waals surface area contributed by atoms with Gasteiger partial charge in [0.1, 0.15) is 0 Å². The molecule has 0 amide bonds. The second kappa shape index (κ2) is 2.21. The van der Waals surface area contributed by atoms with Gasteiger partial charge >= 0.3 is 0 Å². The summed E-state index contributed by atoms with van der Waals surface area (Å²) >= 11 is 0. The summed E-state index contributed by atoms with van der Waals surface area (Å²) in [5.74, 6) is 0.815. The minimum atomic E-state index is 0.375. The Morgan fingerprint density at radius 3 is 3.00 bits per heavy atom. The van der Waals surface area contributed by atoms with Crippen molar-refractivity contribution in [3.63, 3.8) is 0 Å². The Kier molecular flexibility index (Phi) is 1.46. The summed E-state index contributed by atoms with van der Waals surface area (Å²) in [5, 5.41) is 3.56. The number of hydrogen-bond acceptors (Lipinski definition) is 2. The maximum Gasteiger partial charge on any atom is 0.0651 e. The van der Waals surface area contributed by atoms with Crippen molar-refractivity contribution in [1.29, 1.82) is 0 Å². The van der Waals surface area contributed by atoms with Crippen LogP contribution in [0.5, 0.6) is 0 Å². The molecule has 2 nitrogen and oxygen atoms in total. The number of ether oxygens (including phenoxy) is 1. The summed E-state index contributed by atoms with van der Waals surface area (Å²) in [6.45, 7) is 5.41. The van der Waals surface area contributed by atoms with E-state index in [0.717, 1.165) is 19.1 Å². The lowest BCUT2D eigenvalue weighted by Crippen LogP contribution is -2.44. The van der Waals surface area contributed by atoms with E-state index in [9.17, 15) is 0 Å². The van der Waals surface area contributed by atoms with Gasteiger partial charge in [0, 0.05) is 12.1 Å². The molecule has 2 fully saturated rings. The van der Waals surface area contributed by atoms with Gasteiger partial charge in [-0.25, -0.2) is 0 Å². The molecule has 2 aliphatic rings. The summed E-state index contributed by atoms with van der Waals surface area (Å²) < 4.78 is 5.39. The van der Waals surface area contributed by atoms with Crippen LogP contribution in [0, 0.1) is 5.92 Å². The first-order valence-corrected chi connectivity index (χ1v) is 4.16. The Balaban J connectivity index is 2.11. The molecule has 0 aromatic carbocycles. The van der Waals surface area contributed by atoms with E-state index in [-0.39, 0.29) is 0 Å². The summed E-state index contributed by atoms with van der Waals surface area (Å²) in [6.07, 6.45) is 2.54. The molecule has 1 N–H and O–H groups in total. The lowest BCUT2D eigenvalue weighted by atomic mass is 9.86. The molecule has 0 saturated carbocycles. The molecule has 2 atom stereocenters. The van der Waals surface area contributed by atoms with Crippen LogP contribution in [0.4, 0.5) is 0 Å². The van der Waals surface area contributed by atoms with E-state index in [4.69, 9.17) is 4.74 Å². The average molecular weight is 141 g/mol. The van der Waals surface area contributed by atoms with E-state index in [1.165, 1.54) is 19.4 Å². The predicted octanol–water partition coefficient (Wildman–Crippen LogP) is 0.775. The average Bonchev–Trinajstić information content (AvgIpc) is 2.48. The smallest absolute Gasteiger partial charge is 0.0651 e. The zero-order valence-corrected chi connectivity index (χ0v) is 6.52. The third-order valence-electron chi connectivity index (χ3n) is 3.05. The third kappa shape index (κ3) is 0.789. The molecule has 10 heavy (non-hydrogen) atoms. The van der Waals surface area contributed by atoms with Crippen molar-refractivity contribution in [3.05, 3.63) is 0 Å². The van der Waals surface area contributed by atoms with E-state index >= 15 is 0 Å². The van der Waals surface area contributed by atoms with E-state index in [1.54, 1.807) is 0 Å². The second-order valence-corrected chi connectivity index (χ2v) is 3.58. The highest BCUT2D eigenvalue weighted by Crippen LogP contribution is 2.33. The van der Waals surface area contributed by atoms with Gasteiger partial charge in [0.05, 0.1) is 6.61 Å². The molecule has 2 unspecified atom stereocenters. The fourth-order valence-corrected chi connectivity index (χ4v) is 2.10. The van der Waals surface area contributed by atoms with Gasteiger partial charge in [-0.3, -0.25) is 0 Å². The zero-order valence-electron chi connectivity index (χ0n) is 6.52. The first-order valence-electron chi connectivity index (χ1n) is 4.16. The minimum Gasteiger partial charge on any atom is -0.379 e. The summed E-state index contributed by atoms with van der Waals surface area (Å²) in [7, 11) is 0. The van der Waals surface area contributed by atoms with Gasteiger partial charge in [-0.15, -0.1) is 0 Å². The summed E-state index contributed by atoms with van der Waals surface area (Å²) in [6, 6.07) is 0. The van der Waals surface area contributed by atoms with Gasteiger partial charge in [0.2, 0.25) is 0 Å². The van der Waals surface area contributed by atoms with E-state index in [0.29, 0.717) is 5.54 Å². The highest BCUT2D eigenvalue weighted by molar-refractivity contribution is 5.00. The Labute approximate surface area is 61.9 Å². The quantitative estimate of drug-likeness (QED) is 0.538. The van der Waals surface area contributed by atoms with Crippen LogP contribution in [0.2, 0.25) is 0 Å². The monoisotopic (exact) mass is 141 g/mol. The largest absolute Gasteiger partial charge is 0.379 e. The van der Waals surface area contributed by atoms with Crippen molar-refractivity contribution in [2.24, 2.45) is 5.92 Å². The molecule has 2 saturated heterocycles. The normalized spacial score (nSPS) is 47.1. The van der Waals surface area contributed by atoms with Crippen LogP contribution in [0.25, 0.3) is 0 Å². The van der Waals surface area contributed by atoms with Crippen LogP contribution in [0.15, 0.2) is 0 Å². The maximum atomic E-state index is 5.39. The molecule has 58 valence electrons. The zero-order chi connectivity index (χ0) is 7.03. The van der Waals surface area contributed by atoms with Crippen molar-refractivity contribution in [2.45, 2.75) is 25.3 Å². The first-order chi connectivity index (χ1) is 4.83. The van der Waals surface area contributed by atoms with Crippen molar-refractivity contribution >= 4 is 0 Å². The topological polar surface area (TPSA) is 21.3 Å². The molecule has 2 rings (SSSR count). The molecule has 0 aromatic heterocycles. The van der Waals surface area contributed by atoms with Crippen LogP contribution in [0.1, 0.15) is 19.8 Å². The van der Waals surface area contributed by atoms with E-state index in [2.05, 4.69) is 12.2 Å². The molecular weight excluding hydrogens is 126 g/mol. The van der Waals surface area contributed by atoms with Gasteiger partial charge < -0.3 is 10.1 Å². The van der Waals surface area contributed by atoms with E-state index in [1.807, 2.05) is 0 Å². The van der Waals surface area contributed by atoms with Gasteiger partial charge in [0.25, 0.3) is 0 Å². The van der Waals surface area contributed by atoms with Crippen molar-refractivity contribution < 1.29 is 4.74 Å². The molecular formula is C8H15NO. The molecule has 2 heteroatoms. The van der Waals surface area contributed by atoms with Crippen molar-refractivity contribution in [1.82, 2.24) is 5.32 Å².